The molecule has 0 saturated carbocycles. The highest BCUT2D eigenvalue weighted by Gasteiger charge is 2.46. The van der Waals surface area contributed by atoms with Crippen LogP contribution in [0.2, 0.25) is 0 Å². The van der Waals surface area contributed by atoms with Gasteiger partial charge in [0.05, 0.1) is 120 Å². The summed E-state index contributed by atoms with van der Waals surface area (Å²) in [5.74, 6) is 0.755. The summed E-state index contributed by atoms with van der Waals surface area (Å²) in [5.41, 5.74) is 5.03. The molecule has 8 N–H and O–H groups in total. The van der Waals surface area contributed by atoms with Crippen LogP contribution in [0.25, 0.3) is 22.3 Å². The maximum Gasteiger partial charge on any atom is 0.343 e. The molecule has 1 aliphatic carbocycles. The molecule has 4 aliphatic rings. The Labute approximate surface area is 574 Å². The van der Waals surface area contributed by atoms with Crippen LogP contribution >= 0.6 is 0 Å². The summed E-state index contributed by atoms with van der Waals surface area (Å²) < 4.78 is 49.7. The average molecular weight is 1380 g/mol. The van der Waals surface area contributed by atoms with E-state index < -0.39 is 103 Å². The van der Waals surface area contributed by atoms with E-state index in [-0.39, 0.29) is 108 Å². The van der Waals surface area contributed by atoms with Gasteiger partial charge in [-0.25, -0.2) is 14.2 Å². The van der Waals surface area contributed by atoms with Gasteiger partial charge in [-0.05, 0) is 78.3 Å². The minimum Gasteiger partial charge on any atom is -0.458 e. The predicted octanol–water partition coefficient (Wildman–Crippen LogP) is 2.10. The number of carbonyl (C=O) groups excluding carboxylic acids is 9. The Balaban J connectivity index is 0.560. The maximum absolute atomic E-state index is 15.4. The molecular weight excluding hydrogens is 1300 g/mol. The minimum absolute atomic E-state index is 0.0252. The number of nitrogens with one attached hydrogen (secondary N) is 7. The van der Waals surface area contributed by atoms with E-state index in [4.69, 9.17) is 33.4 Å². The minimum atomic E-state index is -2.06. The van der Waals surface area contributed by atoms with Crippen LogP contribution in [0.5, 0.6) is 0 Å². The number of hydrogen-bond acceptors (Lipinski definition) is 18. The van der Waals surface area contributed by atoms with E-state index >= 15 is 4.39 Å². The van der Waals surface area contributed by atoms with Crippen LogP contribution in [0.3, 0.4) is 0 Å². The number of para-hydroxylation sites is 1. The first kappa shape index (κ1) is 72.5. The van der Waals surface area contributed by atoms with Crippen LogP contribution in [0.1, 0.15) is 101 Å². The number of pyridine rings is 2. The molecule has 3 aliphatic heterocycles. The van der Waals surface area contributed by atoms with Gasteiger partial charge in [-0.15, -0.1) is 0 Å². The number of amides is 8. The van der Waals surface area contributed by atoms with Gasteiger partial charge < -0.3 is 80.2 Å². The Morgan fingerprint density at radius 1 is 0.690 bits per heavy atom. The highest BCUT2D eigenvalue weighted by Crippen LogP contribution is 2.46. The number of nitrogens with zero attached hydrogens (tertiary/aromatic N) is 3. The van der Waals surface area contributed by atoms with E-state index in [1.165, 1.54) is 10.6 Å². The first-order chi connectivity index (χ1) is 48.4. The summed E-state index contributed by atoms with van der Waals surface area (Å²) >= 11 is 0. The van der Waals surface area contributed by atoms with Crippen LogP contribution in [-0.2, 0) is 110 Å². The van der Waals surface area contributed by atoms with Crippen LogP contribution in [0, 0.1) is 24.6 Å². The Morgan fingerprint density at radius 2 is 1.34 bits per heavy atom. The number of carbonyl (C=O) groups is 9. The van der Waals surface area contributed by atoms with E-state index in [9.17, 15) is 53.1 Å². The Kier molecular flexibility index (Phi) is 25.0. The summed E-state index contributed by atoms with van der Waals surface area (Å²) in [4.78, 5) is 137. The molecule has 0 bridgehead atoms. The van der Waals surface area contributed by atoms with Gasteiger partial charge in [0.15, 0.2) is 5.60 Å². The van der Waals surface area contributed by atoms with Crippen LogP contribution in [0.15, 0.2) is 95.8 Å². The Bertz CT molecular complexity index is 4210. The number of rotatable bonds is 34. The third-order valence-corrected chi connectivity index (χ3v) is 17.5. The zero-order chi connectivity index (χ0) is 70.7. The number of benzene rings is 4. The molecule has 526 valence electrons. The van der Waals surface area contributed by atoms with Gasteiger partial charge in [0.1, 0.15) is 31.8 Å². The number of cyclic esters (lactones) is 1. The number of aryl methyl sites for hydroxylation is 1. The molecule has 3 unspecified atom stereocenters. The van der Waals surface area contributed by atoms with Gasteiger partial charge in [0.2, 0.25) is 47.3 Å². The monoisotopic (exact) mass is 1370 g/mol. The largest absolute Gasteiger partial charge is 0.458 e. The fourth-order valence-corrected chi connectivity index (χ4v) is 12.2. The first-order valence-electron chi connectivity index (χ1n) is 33.1. The maximum atomic E-state index is 15.4. The zero-order valence-electron chi connectivity index (χ0n) is 55.5. The van der Waals surface area contributed by atoms with Crippen molar-refractivity contribution in [2.75, 3.05) is 97.3 Å². The lowest BCUT2D eigenvalue weighted by molar-refractivity contribution is -0.172. The quantitative estimate of drug-likeness (QED) is 0.0124. The van der Waals surface area contributed by atoms with Crippen molar-refractivity contribution in [3.63, 3.8) is 0 Å². The van der Waals surface area contributed by atoms with Crippen LogP contribution in [-0.4, -0.2) is 166 Å². The third-order valence-electron chi connectivity index (χ3n) is 17.5. The highest BCUT2D eigenvalue weighted by molar-refractivity contribution is 5.98. The fourth-order valence-electron chi connectivity index (χ4n) is 12.2. The SMILES string of the molecule is CCC1(O)C(=O)OCc2c1cc1n(c2=O)Cc2c-1nc1cc(F)c(C)c3c1c2C(NC(=O)COCNC(=O)CNC(=O)C(Cc1ccccc1)NC(=O)CNC(=O)CNC(=O)CCOCCOCCOCCOCCNC(=O)CCC(=O)N1Cc2ccccc2C#Cc2ccccc21)CC3. The second-order valence-corrected chi connectivity index (χ2v) is 24.1. The number of anilines is 1. The summed E-state index contributed by atoms with van der Waals surface area (Å²) in [6.45, 7) is 3.11. The number of hydrogen-bond donors (Lipinski definition) is 8. The standard InChI is InChI=1S/C72H79FN10O17/c1-3-72(94)52-34-58-68-50(40-83(58)70(92)51(52)41-100-71(72)93)67-54(20-19-49-44(2)53(73)35-55(81-68)66(49)67)79-64(89)42-99-43-78-62(87)37-77-69(91)56(33-45-11-5-4-6-12-45)80-63(88)38-76-61(86)36-75-60(85)23-25-95-27-29-97-31-32-98-30-28-96-26-24-74-59(84)21-22-65(90)82-39-48-15-8-7-13-46(48)17-18-47-14-9-10-16-57(47)82/h4-16,34-35,54,56,94H,3,19-33,36-43H2,1-2H3,(H,74,84)(H,75,85)(H,76,86)(H,77,91)(H,78,87)(H,79,89)(H,80,88). The van der Waals surface area contributed by atoms with E-state index in [1.54, 1.807) is 55.1 Å². The number of halogens is 1. The summed E-state index contributed by atoms with van der Waals surface area (Å²) in [5, 5.41) is 30.2. The Hall–Kier alpha value is -10.3. The van der Waals surface area contributed by atoms with Crippen molar-refractivity contribution in [2.45, 2.75) is 96.2 Å². The molecule has 4 aromatic carbocycles. The summed E-state index contributed by atoms with van der Waals surface area (Å²) in [7, 11) is 0. The Morgan fingerprint density at radius 3 is 2.10 bits per heavy atom. The molecule has 3 atom stereocenters. The fraction of sp³-hybridized carbons (Fsp3) is 0.403. The average Bonchev–Trinajstić information content (AvgIpc) is 1.52. The molecule has 100 heavy (non-hydrogen) atoms. The van der Waals surface area contributed by atoms with Crippen molar-refractivity contribution >= 4 is 69.8 Å². The molecule has 10 rings (SSSR count). The molecule has 0 fully saturated rings. The van der Waals surface area contributed by atoms with Crippen molar-refractivity contribution in [2.24, 2.45) is 0 Å². The third kappa shape index (κ3) is 18.1. The highest BCUT2D eigenvalue weighted by atomic mass is 19.1. The van der Waals surface area contributed by atoms with E-state index in [1.807, 2.05) is 48.5 Å². The number of fused-ring (bicyclic) bond motifs is 7. The van der Waals surface area contributed by atoms with Crippen LogP contribution < -0.4 is 47.7 Å². The topological polar surface area (TPSA) is 352 Å². The van der Waals surface area contributed by atoms with Gasteiger partial charge in [-0.1, -0.05) is 79.4 Å². The zero-order valence-corrected chi connectivity index (χ0v) is 55.5. The lowest BCUT2D eigenvalue weighted by atomic mass is 9.81. The first-order valence-corrected chi connectivity index (χ1v) is 33.1. The molecule has 28 heteroatoms. The molecule has 0 saturated heterocycles. The van der Waals surface area contributed by atoms with E-state index in [2.05, 4.69) is 49.1 Å². The van der Waals surface area contributed by atoms with Crippen molar-refractivity contribution in [1.29, 1.82) is 0 Å². The molecule has 27 nitrogen and oxygen atoms in total. The second kappa shape index (κ2) is 34.5. The van der Waals surface area contributed by atoms with Crippen LogP contribution in [0.4, 0.5) is 10.1 Å². The van der Waals surface area contributed by atoms with Crippen molar-refractivity contribution in [1.82, 2.24) is 46.8 Å². The second-order valence-electron chi connectivity index (χ2n) is 24.1. The van der Waals surface area contributed by atoms with Gasteiger partial charge in [0.25, 0.3) is 5.56 Å². The van der Waals surface area contributed by atoms with E-state index in [0.717, 1.165) is 22.3 Å². The van der Waals surface area contributed by atoms with Gasteiger partial charge >= 0.3 is 5.97 Å². The van der Waals surface area contributed by atoms with Crippen molar-refractivity contribution < 1.29 is 81.1 Å². The molecule has 2 aromatic heterocycles. The van der Waals surface area contributed by atoms with Crippen molar-refractivity contribution in [3.05, 3.63) is 163 Å². The van der Waals surface area contributed by atoms with E-state index in [0.29, 0.717) is 89.4 Å². The smallest absolute Gasteiger partial charge is 0.343 e. The molecule has 5 heterocycles. The molecule has 8 amide bonds. The normalized spacial score (nSPS) is 15.5. The molecule has 6 aromatic rings. The summed E-state index contributed by atoms with van der Waals surface area (Å²) in [6.07, 6.45) is 0.726. The number of aromatic nitrogens is 2. The van der Waals surface area contributed by atoms with Gasteiger partial charge in [-0.3, -0.25) is 43.2 Å². The predicted molar refractivity (Wildman–Crippen MR) is 359 cm³/mol. The number of ether oxygens (including phenoxy) is 6. The number of esters is 1. The lowest BCUT2D eigenvalue weighted by Gasteiger charge is -2.31. The van der Waals surface area contributed by atoms with Gasteiger partial charge in [-0.2, -0.15) is 0 Å². The lowest BCUT2D eigenvalue weighted by Crippen LogP contribution is -2.52. The molecular formula is C72H79FN10O17. The molecule has 0 spiro atoms. The number of aliphatic hydroxyl groups is 1. The summed E-state index contributed by atoms with van der Waals surface area (Å²) in [6, 6.07) is 25.0. The van der Waals surface area contributed by atoms with Crippen molar-refractivity contribution in [3.8, 4) is 23.2 Å². The van der Waals surface area contributed by atoms with Gasteiger partial charge in [0, 0.05) is 65.9 Å². The molecule has 0 radical (unpaired) electrons.